The standard InChI is InChI=1S/C18H12BrN3O6/c19-15-9-12(10-4-2-1-3-5-10)16(28-15)18(25)21-20-17(24)11-6-7-14(23)13(8-11)22(26)27/h1-9,23H,(H,20,24)(H,21,25). The number of rotatable bonds is 4. The van der Waals surface area contributed by atoms with Gasteiger partial charge in [-0.3, -0.25) is 30.6 Å². The molecule has 10 heteroatoms. The van der Waals surface area contributed by atoms with Gasteiger partial charge in [0.2, 0.25) is 5.76 Å². The van der Waals surface area contributed by atoms with Crippen LogP contribution in [0.5, 0.6) is 5.75 Å². The van der Waals surface area contributed by atoms with Gasteiger partial charge < -0.3 is 9.52 Å². The Morgan fingerprint density at radius 3 is 2.39 bits per heavy atom. The molecule has 3 N–H and O–H groups in total. The van der Waals surface area contributed by atoms with Gasteiger partial charge in [0, 0.05) is 17.2 Å². The van der Waals surface area contributed by atoms with Crippen molar-refractivity contribution in [3.63, 3.8) is 0 Å². The molecule has 3 rings (SSSR count). The Balaban J connectivity index is 1.76. The summed E-state index contributed by atoms with van der Waals surface area (Å²) < 4.78 is 5.70. The SMILES string of the molecule is O=C(NNC(=O)c1oc(Br)cc1-c1ccccc1)c1ccc(O)c([N+](=O)[O-])c1. The van der Waals surface area contributed by atoms with E-state index in [9.17, 15) is 24.8 Å². The molecule has 0 fully saturated rings. The smallest absolute Gasteiger partial charge is 0.311 e. The molecule has 0 aliphatic carbocycles. The number of halogens is 1. The number of amides is 2. The average molecular weight is 446 g/mol. The van der Waals surface area contributed by atoms with E-state index in [1.165, 1.54) is 6.07 Å². The van der Waals surface area contributed by atoms with Crippen LogP contribution in [0.2, 0.25) is 0 Å². The van der Waals surface area contributed by atoms with E-state index in [0.29, 0.717) is 10.2 Å². The number of aromatic hydroxyl groups is 1. The zero-order valence-corrected chi connectivity index (χ0v) is 15.6. The minimum absolute atomic E-state index is 0.0324. The summed E-state index contributed by atoms with van der Waals surface area (Å²) >= 11 is 3.17. The minimum atomic E-state index is -0.822. The number of nitrogens with zero attached hydrogens (tertiary/aromatic N) is 1. The molecule has 2 aromatic carbocycles. The highest BCUT2D eigenvalue weighted by atomic mass is 79.9. The van der Waals surface area contributed by atoms with Crippen LogP contribution >= 0.6 is 15.9 Å². The molecule has 1 heterocycles. The Morgan fingerprint density at radius 2 is 1.71 bits per heavy atom. The highest BCUT2D eigenvalue weighted by molar-refractivity contribution is 9.10. The summed E-state index contributed by atoms with van der Waals surface area (Å²) in [7, 11) is 0. The van der Waals surface area contributed by atoms with E-state index in [-0.39, 0.29) is 11.3 Å². The first kappa shape index (κ1) is 19.1. The van der Waals surface area contributed by atoms with E-state index in [4.69, 9.17) is 4.42 Å². The van der Waals surface area contributed by atoms with Gasteiger partial charge >= 0.3 is 11.6 Å². The average Bonchev–Trinajstić information content (AvgIpc) is 3.08. The summed E-state index contributed by atoms with van der Waals surface area (Å²) in [6.45, 7) is 0. The molecule has 0 radical (unpaired) electrons. The van der Waals surface area contributed by atoms with Gasteiger partial charge in [0.25, 0.3) is 5.91 Å². The topological polar surface area (TPSA) is 135 Å². The van der Waals surface area contributed by atoms with Crippen molar-refractivity contribution in [3.8, 4) is 16.9 Å². The lowest BCUT2D eigenvalue weighted by Crippen LogP contribution is -2.41. The third kappa shape index (κ3) is 4.01. The maximum absolute atomic E-state index is 12.4. The van der Waals surface area contributed by atoms with Gasteiger partial charge in [-0.1, -0.05) is 30.3 Å². The van der Waals surface area contributed by atoms with Gasteiger partial charge in [-0.15, -0.1) is 0 Å². The van der Waals surface area contributed by atoms with Crippen LogP contribution in [0.25, 0.3) is 11.1 Å². The highest BCUT2D eigenvalue weighted by Gasteiger charge is 2.21. The number of benzene rings is 2. The Bertz CT molecular complexity index is 1060. The number of carbonyl (C=O) groups excluding carboxylic acids is 2. The van der Waals surface area contributed by atoms with E-state index < -0.39 is 28.2 Å². The fourth-order valence-corrected chi connectivity index (χ4v) is 2.81. The Kier molecular flexibility index (Phi) is 5.41. The third-order valence-electron chi connectivity index (χ3n) is 3.72. The molecule has 28 heavy (non-hydrogen) atoms. The number of nitro groups is 1. The molecule has 0 unspecified atom stereocenters. The molecule has 2 amide bonds. The Labute approximate surface area is 166 Å². The summed E-state index contributed by atoms with van der Waals surface area (Å²) in [6.07, 6.45) is 0. The lowest BCUT2D eigenvalue weighted by Gasteiger charge is -2.08. The molecule has 142 valence electrons. The summed E-state index contributed by atoms with van der Waals surface area (Å²) in [6, 6.07) is 13.7. The molecule has 0 bridgehead atoms. The minimum Gasteiger partial charge on any atom is -0.502 e. The van der Waals surface area contributed by atoms with Crippen LogP contribution < -0.4 is 10.9 Å². The second kappa shape index (κ2) is 7.92. The third-order valence-corrected chi connectivity index (χ3v) is 4.11. The van der Waals surface area contributed by atoms with E-state index >= 15 is 0 Å². The lowest BCUT2D eigenvalue weighted by molar-refractivity contribution is -0.385. The summed E-state index contributed by atoms with van der Waals surface area (Å²) in [5.41, 5.74) is 4.86. The van der Waals surface area contributed by atoms with Crippen molar-refractivity contribution in [2.24, 2.45) is 0 Å². The monoisotopic (exact) mass is 445 g/mol. The van der Waals surface area contributed by atoms with Crippen LogP contribution in [0, 0.1) is 10.1 Å². The first-order chi connectivity index (χ1) is 13.4. The second-order valence-corrected chi connectivity index (χ2v) is 6.31. The molecule has 0 spiro atoms. The predicted molar refractivity (Wildman–Crippen MR) is 102 cm³/mol. The number of nitro benzene ring substituents is 1. The summed E-state index contributed by atoms with van der Waals surface area (Å²) in [4.78, 5) is 34.6. The number of hydrogen-bond donors (Lipinski definition) is 3. The van der Waals surface area contributed by atoms with Crippen molar-refractivity contribution in [1.29, 1.82) is 0 Å². The van der Waals surface area contributed by atoms with Gasteiger partial charge in [-0.25, -0.2) is 0 Å². The second-order valence-electron chi connectivity index (χ2n) is 5.53. The van der Waals surface area contributed by atoms with E-state index in [2.05, 4.69) is 26.8 Å². The van der Waals surface area contributed by atoms with Crippen LogP contribution in [0.4, 0.5) is 5.69 Å². The number of nitrogens with one attached hydrogen (secondary N) is 2. The summed E-state index contributed by atoms with van der Waals surface area (Å²) in [5, 5.41) is 20.3. The zero-order chi connectivity index (χ0) is 20.3. The van der Waals surface area contributed by atoms with Crippen molar-refractivity contribution >= 4 is 33.4 Å². The fourth-order valence-electron chi connectivity index (χ4n) is 2.42. The van der Waals surface area contributed by atoms with Crippen molar-refractivity contribution in [2.75, 3.05) is 0 Å². The predicted octanol–water partition coefficient (Wildman–Crippen LogP) is 3.40. The van der Waals surface area contributed by atoms with Gasteiger partial charge in [0.05, 0.1) is 4.92 Å². The first-order valence-corrected chi connectivity index (χ1v) is 8.59. The van der Waals surface area contributed by atoms with Crippen molar-refractivity contribution in [1.82, 2.24) is 10.9 Å². The Hall–Kier alpha value is -3.66. The largest absolute Gasteiger partial charge is 0.502 e. The van der Waals surface area contributed by atoms with Gasteiger partial charge in [-0.05, 0) is 39.7 Å². The maximum Gasteiger partial charge on any atom is 0.311 e. The van der Waals surface area contributed by atoms with Crippen molar-refractivity contribution in [2.45, 2.75) is 0 Å². The van der Waals surface area contributed by atoms with Crippen LogP contribution in [-0.2, 0) is 0 Å². The number of hydrogen-bond acceptors (Lipinski definition) is 6. The van der Waals surface area contributed by atoms with Crippen LogP contribution in [0.15, 0.2) is 63.7 Å². The van der Waals surface area contributed by atoms with Crippen molar-refractivity contribution in [3.05, 3.63) is 80.7 Å². The normalized spacial score (nSPS) is 10.3. The molecule has 0 atom stereocenters. The molecule has 0 aliphatic rings. The number of carbonyl (C=O) groups is 2. The van der Waals surface area contributed by atoms with Crippen LogP contribution in [0.1, 0.15) is 20.9 Å². The van der Waals surface area contributed by atoms with E-state index in [1.54, 1.807) is 30.3 Å². The van der Waals surface area contributed by atoms with Crippen LogP contribution in [0.3, 0.4) is 0 Å². The molecule has 0 saturated heterocycles. The number of phenols is 1. The lowest BCUT2D eigenvalue weighted by atomic mass is 10.1. The summed E-state index contributed by atoms with van der Waals surface area (Å²) in [5.74, 6) is -2.12. The zero-order valence-electron chi connectivity index (χ0n) is 14.0. The van der Waals surface area contributed by atoms with Crippen LogP contribution in [-0.4, -0.2) is 21.8 Å². The van der Waals surface area contributed by atoms with Gasteiger partial charge in [0.1, 0.15) is 0 Å². The number of hydrazine groups is 1. The molecule has 3 aromatic rings. The molecule has 1 aromatic heterocycles. The van der Waals surface area contributed by atoms with Crippen molar-refractivity contribution < 1.29 is 24.0 Å². The van der Waals surface area contributed by atoms with E-state index in [1.807, 2.05) is 6.07 Å². The van der Waals surface area contributed by atoms with Gasteiger partial charge in [0.15, 0.2) is 10.4 Å². The number of phenolic OH excluding ortho intramolecular Hbond substituents is 1. The molecular weight excluding hydrogens is 434 g/mol. The van der Waals surface area contributed by atoms with Gasteiger partial charge in [-0.2, -0.15) is 0 Å². The molecule has 0 aliphatic heterocycles. The fraction of sp³-hybridized carbons (Fsp3) is 0. The first-order valence-electron chi connectivity index (χ1n) is 7.79. The molecule has 9 nitrogen and oxygen atoms in total. The van der Waals surface area contributed by atoms with E-state index in [0.717, 1.165) is 17.7 Å². The molecule has 0 saturated carbocycles. The maximum atomic E-state index is 12.4. The quantitative estimate of drug-likeness (QED) is 0.416. The molecular formula is C18H12BrN3O6. The number of furan rings is 1. The Morgan fingerprint density at radius 1 is 1.04 bits per heavy atom. The highest BCUT2D eigenvalue weighted by Crippen LogP contribution is 2.30.